The Balaban J connectivity index is 1.73. The van der Waals surface area contributed by atoms with Crippen molar-refractivity contribution in [2.24, 2.45) is 0 Å². The minimum absolute atomic E-state index is 0.0909. The van der Waals surface area contributed by atoms with Crippen LogP contribution in [-0.4, -0.2) is 10.8 Å². The Hall–Kier alpha value is -3.13. The molecule has 0 unspecified atom stereocenters. The van der Waals surface area contributed by atoms with Gasteiger partial charge in [0.15, 0.2) is 0 Å². The normalized spacial score (nSPS) is 15.2. The number of hydrogen-bond acceptors (Lipinski definition) is 1. The van der Waals surface area contributed by atoms with E-state index in [-0.39, 0.29) is 5.91 Å². The molecule has 1 amide bonds. The number of benzene rings is 3. The molecule has 0 fully saturated rings. The third-order valence-corrected chi connectivity index (χ3v) is 4.79. The molecule has 0 aromatic heterocycles. The zero-order chi connectivity index (χ0) is 17.9. The van der Waals surface area contributed by atoms with Gasteiger partial charge in [-0.3, -0.25) is 4.79 Å². The quantitative estimate of drug-likeness (QED) is 0.610. The fraction of sp³-hybridized carbons (Fsp3) is 0.125. The summed E-state index contributed by atoms with van der Waals surface area (Å²) in [4.78, 5) is 15.1. The van der Waals surface area contributed by atoms with Gasteiger partial charge in [-0.15, -0.1) is 0 Å². The molecule has 1 aliphatic heterocycles. The van der Waals surface area contributed by atoms with Crippen molar-refractivity contribution in [3.05, 3.63) is 107 Å². The summed E-state index contributed by atoms with van der Waals surface area (Å²) in [6.45, 7) is 3.34. The van der Waals surface area contributed by atoms with Crippen LogP contribution in [0.1, 0.15) is 27.8 Å². The Bertz CT molecular complexity index is 955. The number of aryl methyl sites for hydroxylation is 1. The Morgan fingerprint density at radius 1 is 0.885 bits per heavy atom. The van der Waals surface area contributed by atoms with Gasteiger partial charge in [-0.2, -0.15) is 0 Å². The van der Waals surface area contributed by atoms with E-state index in [9.17, 15) is 4.79 Å². The van der Waals surface area contributed by atoms with Crippen molar-refractivity contribution in [3.63, 3.8) is 0 Å². The molecule has 0 N–H and O–H groups in total. The zero-order valence-electron chi connectivity index (χ0n) is 14.9. The largest absolute Gasteiger partial charge is 0.330 e. The van der Waals surface area contributed by atoms with E-state index in [1.165, 1.54) is 11.1 Å². The molecular formula is C24H21NO. The standard InChI is InChI=1S/C24H21NO/c1-18-11-13-19(14-12-18)15-23-22-10-6-5-9-21(22)17-25(24(23)26)16-20-7-3-2-4-8-20/h2-15H,16-17H2,1H3/b23-15-. The van der Waals surface area contributed by atoms with E-state index in [0.29, 0.717) is 13.1 Å². The molecule has 1 aliphatic rings. The molecule has 26 heavy (non-hydrogen) atoms. The highest BCUT2D eigenvalue weighted by Crippen LogP contribution is 2.31. The number of carbonyl (C=O) groups excluding carboxylic acids is 1. The first kappa shape index (κ1) is 16.3. The van der Waals surface area contributed by atoms with Crippen LogP contribution in [0.2, 0.25) is 0 Å². The topological polar surface area (TPSA) is 20.3 Å². The molecule has 4 rings (SSSR count). The Kier molecular flexibility index (Phi) is 4.40. The van der Waals surface area contributed by atoms with E-state index in [0.717, 1.165) is 22.3 Å². The minimum Gasteiger partial charge on any atom is -0.330 e. The zero-order valence-corrected chi connectivity index (χ0v) is 14.9. The van der Waals surface area contributed by atoms with E-state index in [1.807, 2.05) is 47.4 Å². The summed E-state index contributed by atoms with van der Waals surface area (Å²) in [5.74, 6) is 0.0909. The van der Waals surface area contributed by atoms with Crippen LogP contribution in [0.5, 0.6) is 0 Å². The molecule has 3 aromatic carbocycles. The SMILES string of the molecule is Cc1ccc(/C=C2\C(=O)N(Cc3ccccc3)Cc3ccccc32)cc1. The lowest BCUT2D eigenvalue weighted by atomic mass is 9.92. The second-order valence-corrected chi connectivity index (χ2v) is 6.77. The van der Waals surface area contributed by atoms with Gasteiger partial charge < -0.3 is 4.90 Å². The molecule has 0 saturated carbocycles. The van der Waals surface area contributed by atoms with Crippen molar-refractivity contribution in [1.82, 2.24) is 4.90 Å². The van der Waals surface area contributed by atoms with Crippen molar-refractivity contribution in [1.29, 1.82) is 0 Å². The molecule has 0 aliphatic carbocycles. The fourth-order valence-electron chi connectivity index (χ4n) is 3.38. The Morgan fingerprint density at radius 3 is 2.35 bits per heavy atom. The lowest BCUT2D eigenvalue weighted by Gasteiger charge is -2.30. The molecule has 0 atom stereocenters. The average Bonchev–Trinajstić information content (AvgIpc) is 2.67. The molecule has 1 heterocycles. The monoisotopic (exact) mass is 339 g/mol. The van der Waals surface area contributed by atoms with Crippen LogP contribution in [0.3, 0.4) is 0 Å². The lowest BCUT2D eigenvalue weighted by Crippen LogP contribution is -2.34. The van der Waals surface area contributed by atoms with Gasteiger partial charge in [0.05, 0.1) is 0 Å². The number of carbonyl (C=O) groups is 1. The highest BCUT2D eigenvalue weighted by Gasteiger charge is 2.27. The Labute approximate surface area is 154 Å². The highest BCUT2D eigenvalue weighted by atomic mass is 16.2. The van der Waals surface area contributed by atoms with Gasteiger partial charge in [0.25, 0.3) is 5.91 Å². The molecule has 0 saturated heterocycles. The van der Waals surface area contributed by atoms with Crippen LogP contribution in [-0.2, 0) is 17.9 Å². The highest BCUT2D eigenvalue weighted by molar-refractivity contribution is 6.25. The lowest BCUT2D eigenvalue weighted by molar-refractivity contribution is -0.126. The molecule has 2 heteroatoms. The van der Waals surface area contributed by atoms with Gasteiger partial charge in [0.2, 0.25) is 0 Å². The fourth-order valence-corrected chi connectivity index (χ4v) is 3.38. The summed E-state index contributed by atoms with van der Waals surface area (Å²) >= 11 is 0. The van der Waals surface area contributed by atoms with Gasteiger partial charge in [-0.05, 0) is 35.3 Å². The van der Waals surface area contributed by atoms with Crippen LogP contribution in [0.4, 0.5) is 0 Å². The summed E-state index contributed by atoms with van der Waals surface area (Å²) in [5.41, 5.74) is 6.42. The van der Waals surface area contributed by atoms with Gasteiger partial charge in [0.1, 0.15) is 0 Å². The predicted molar refractivity (Wildman–Crippen MR) is 106 cm³/mol. The number of rotatable bonds is 3. The van der Waals surface area contributed by atoms with E-state index < -0.39 is 0 Å². The molecule has 2 nitrogen and oxygen atoms in total. The van der Waals surface area contributed by atoms with E-state index in [4.69, 9.17) is 0 Å². The number of fused-ring (bicyclic) bond motifs is 1. The number of hydrogen-bond donors (Lipinski definition) is 0. The van der Waals surface area contributed by atoms with Crippen LogP contribution in [0.25, 0.3) is 11.6 Å². The minimum atomic E-state index is 0.0909. The average molecular weight is 339 g/mol. The molecule has 0 radical (unpaired) electrons. The van der Waals surface area contributed by atoms with Crippen molar-refractivity contribution in [2.75, 3.05) is 0 Å². The summed E-state index contributed by atoms with van der Waals surface area (Å²) in [7, 11) is 0. The first-order chi connectivity index (χ1) is 12.7. The van der Waals surface area contributed by atoms with Crippen molar-refractivity contribution in [2.45, 2.75) is 20.0 Å². The van der Waals surface area contributed by atoms with Crippen LogP contribution >= 0.6 is 0 Å². The third kappa shape index (κ3) is 3.31. The first-order valence-electron chi connectivity index (χ1n) is 8.90. The molecule has 3 aromatic rings. The maximum absolute atomic E-state index is 13.2. The summed E-state index contributed by atoms with van der Waals surface area (Å²) in [6, 6.07) is 26.6. The molecule has 128 valence electrons. The second kappa shape index (κ2) is 7.01. The van der Waals surface area contributed by atoms with Gasteiger partial charge in [-0.25, -0.2) is 0 Å². The van der Waals surface area contributed by atoms with E-state index >= 15 is 0 Å². The van der Waals surface area contributed by atoms with Gasteiger partial charge in [-0.1, -0.05) is 84.4 Å². The third-order valence-electron chi connectivity index (χ3n) is 4.79. The summed E-state index contributed by atoms with van der Waals surface area (Å²) < 4.78 is 0. The Morgan fingerprint density at radius 2 is 1.58 bits per heavy atom. The van der Waals surface area contributed by atoms with Gasteiger partial charge in [0, 0.05) is 18.7 Å². The first-order valence-corrected chi connectivity index (χ1v) is 8.90. The van der Waals surface area contributed by atoms with Crippen molar-refractivity contribution in [3.8, 4) is 0 Å². The number of nitrogens with zero attached hydrogens (tertiary/aromatic N) is 1. The summed E-state index contributed by atoms with van der Waals surface area (Å²) in [5, 5.41) is 0. The molecular weight excluding hydrogens is 318 g/mol. The molecule has 0 bridgehead atoms. The second-order valence-electron chi connectivity index (χ2n) is 6.77. The van der Waals surface area contributed by atoms with Gasteiger partial charge >= 0.3 is 0 Å². The smallest absolute Gasteiger partial charge is 0.255 e. The molecule has 0 spiro atoms. The number of amides is 1. The van der Waals surface area contributed by atoms with Crippen molar-refractivity contribution >= 4 is 17.6 Å². The van der Waals surface area contributed by atoms with E-state index in [2.05, 4.69) is 49.4 Å². The van der Waals surface area contributed by atoms with Crippen LogP contribution < -0.4 is 0 Å². The maximum atomic E-state index is 13.2. The summed E-state index contributed by atoms with van der Waals surface area (Å²) in [6.07, 6.45) is 2.01. The maximum Gasteiger partial charge on any atom is 0.255 e. The van der Waals surface area contributed by atoms with Crippen LogP contribution in [0.15, 0.2) is 78.9 Å². The van der Waals surface area contributed by atoms with Crippen molar-refractivity contribution < 1.29 is 4.79 Å². The van der Waals surface area contributed by atoms with E-state index in [1.54, 1.807) is 0 Å². The predicted octanol–water partition coefficient (Wildman–Crippen LogP) is 5.08. The van der Waals surface area contributed by atoms with Crippen LogP contribution in [0, 0.1) is 6.92 Å².